The summed E-state index contributed by atoms with van der Waals surface area (Å²) in [6.45, 7) is 5.63. The molecule has 1 aromatic carbocycles. The molecule has 2 rings (SSSR count). The number of hydrogen-bond acceptors (Lipinski definition) is 3. The van der Waals surface area contributed by atoms with Gasteiger partial charge in [-0.05, 0) is 25.5 Å². The van der Waals surface area contributed by atoms with Crippen LogP contribution in [0.4, 0.5) is 0 Å². The minimum absolute atomic E-state index is 0.0192. The van der Waals surface area contributed by atoms with E-state index in [9.17, 15) is 13.2 Å². The van der Waals surface area contributed by atoms with Crippen molar-refractivity contribution in [2.75, 3.05) is 31.9 Å². The molecule has 1 saturated heterocycles. The summed E-state index contributed by atoms with van der Waals surface area (Å²) in [4.78, 5) is 14.2. The highest BCUT2D eigenvalue weighted by Gasteiger charge is 2.28. The lowest BCUT2D eigenvalue weighted by Gasteiger charge is -2.34. The summed E-state index contributed by atoms with van der Waals surface area (Å²) in [5.74, 6) is 0.185. The van der Waals surface area contributed by atoms with Gasteiger partial charge in [0.25, 0.3) is 5.91 Å². The summed E-state index contributed by atoms with van der Waals surface area (Å²) >= 11 is 0. The van der Waals surface area contributed by atoms with Gasteiger partial charge >= 0.3 is 0 Å². The third-order valence-electron chi connectivity index (χ3n) is 3.94. The zero-order valence-electron chi connectivity index (χ0n) is 13.3. The molecule has 1 fully saturated rings. The Balaban J connectivity index is 1.96. The van der Waals surface area contributed by atoms with Crippen LogP contribution < -0.4 is 0 Å². The summed E-state index contributed by atoms with van der Waals surface area (Å²) in [5, 5.41) is 0. The Bertz CT molecular complexity index is 620. The zero-order chi connectivity index (χ0) is 16.2. The number of aryl methyl sites for hydroxylation is 1. The zero-order valence-corrected chi connectivity index (χ0v) is 14.1. The first kappa shape index (κ1) is 17.0. The molecule has 0 atom stereocenters. The van der Waals surface area contributed by atoms with Gasteiger partial charge in [-0.2, -0.15) is 4.31 Å². The second-order valence-electron chi connectivity index (χ2n) is 5.73. The van der Waals surface area contributed by atoms with E-state index in [4.69, 9.17) is 0 Å². The van der Waals surface area contributed by atoms with E-state index in [1.165, 1.54) is 4.31 Å². The van der Waals surface area contributed by atoms with Crippen LogP contribution in [0.15, 0.2) is 24.3 Å². The molecule has 0 unspecified atom stereocenters. The molecule has 0 saturated carbocycles. The van der Waals surface area contributed by atoms with E-state index in [0.717, 1.165) is 12.0 Å². The molecule has 1 aromatic rings. The molecule has 1 aliphatic rings. The average Bonchev–Trinajstić information content (AvgIpc) is 2.52. The smallest absolute Gasteiger partial charge is 0.253 e. The van der Waals surface area contributed by atoms with Crippen molar-refractivity contribution in [2.45, 2.75) is 26.7 Å². The largest absolute Gasteiger partial charge is 0.336 e. The Morgan fingerprint density at radius 3 is 2.45 bits per heavy atom. The minimum atomic E-state index is -3.17. The van der Waals surface area contributed by atoms with Crippen LogP contribution in [-0.2, 0) is 10.0 Å². The fraction of sp³-hybridized carbons (Fsp3) is 0.562. The number of carbonyl (C=O) groups is 1. The molecular formula is C16H24N2O3S. The first-order chi connectivity index (χ1) is 10.4. The SMILES string of the molecule is CCCCS(=O)(=O)N1CCN(C(=O)c2cccc(C)c2)CC1. The number of nitrogens with zero attached hydrogens (tertiary/aromatic N) is 2. The molecule has 1 amide bonds. The van der Waals surface area contributed by atoms with E-state index in [1.807, 2.05) is 32.0 Å². The third-order valence-corrected chi connectivity index (χ3v) is 5.90. The van der Waals surface area contributed by atoms with Crippen LogP contribution in [0.1, 0.15) is 35.7 Å². The Labute approximate surface area is 133 Å². The molecule has 1 aliphatic heterocycles. The van der Waals surface area contributed by atoms with Crippen LogP contribution in [0.5, 0.6) is 0 Å². The fourth-order valence-electron chi connectivity index (χ4n) is 2.59. The van der Waals surface area contributed by atoms with Gasteiger partial charge < -0.3 is 4.90 Å². The number of rotatable bonds is 5. The molecule has 22 heavy (non-hydrogen) atoms. The topological polar surface area (TPSA) is 57.7 Å². The van der Waals surface area contributed by atoms with E-state index >= 15 is 0 Å². The van der Waals surface area contributed by atoms with Crippen molar-refractivity contribution in [3.8, 4) is 0 Å². The summed E-state index contributed by atoms with van der Waals surface area (Å²) < 4.78 is 25.8. The van der Waals surface area contributed by atoms with Crippen molar-refractivity contribution in [2.24, 2.45) is 0 Å². The van der Waals surface area contributed by atoms with E-state index in [1.54, 1.807) is 11.0 Å². The van der Waals surface area contributed by atoms with Crippen LogP contribution in [0, 0.1) is 6.92 Å². The van der Waals surface area contributed by atoms with Crippen molar-refractivity contribution in [3.05, 3.63) is 35.4 Å². The van der Waals surface area contributed by atoms with Crippen molar-refractivity contribution in [1.29, 1.82) is 0 Å². The highest BCUT2D eigenvalue weighted by Crippen LogP contribution is 2.13. The lowest BCUT2D eigenvalue weighted by molar-refractivity contribution is 0.0698. The van der Waals surface area contributed by atoms with Crippen molar-refractivity contribution in [3.63, 3.8) is 0 Å². The number of sulfonamides is 1. The molecule has 0 radical (unpaired) electrons. The minimum Gasteiger partial charge on any atom is -0.336 e. The van der Waals surface area contributed by atoms with Crippen LogP contribution in [-0.4, -0.2) is 55.5 Å². The van der Waals surface area contributed by atoms with Gasteiger partial charge in [-0.15, -0.1) is 0 Å². The highest BCUT2D eigenvalue weighted by molar-refractivity contribution is 7.89. The van der Waals surface area contributed by atoms with Gasteiger partial charge in [0.05, 0.1) is 5.75 Å². The molecule has 1 heterocycles. The fourth-order valence-corrected chi connectivity index (χ4v) is 4.22. The standard InChI is InChI=1S/C16H24N2O3S/c1-3-4-12-22(20,21)18-10-8-17(9-11-18)16(19)15-7-5-6-14(2)13-15/h5-7,13H,3-4,8-12H2,1-2H3. The first-order valence-corrected chi connectivity index (χ1v) is 9.38. The van der Waals surface area contributed by atoms with Crippen molar-refractivity contribution >= 4 is 15.9 Å². The van der Waals surface area contributed by atoms with Crippen molar-refractivity contribution in [1.82, 2.24) is 9.21 Å². The molecule has 0 bridgehead atoms. The van der Waals surface area contributed by atoms with Gasteiger partial charge in [0.1, 0.15) is 0 Å². The first-order valence-electron chi connectivity index (χ1n) is 7.78. The van der Waals surface area contributed by atoms with Crippen LogP contribution in [0.3, 0.4) is 0 Å². The van der Waals surface area contributed by atoms with Crippen LogP contribution >= 0.6 is 0 Å². The van der Waals surface area contributed by atoms with Gasteiger partial charge in [0.2, 0.25) is 10.0 Å². The summed E-state index contributed by atoms with van der Waals surface area (Å²) in [6.07, 6.45) is 1.55. The maximum atomic E-state index is 12.4. The number of carbonyl (C=O) groups excluding carboxylic acids is 1. The number of amides is 1. The lowest BCUT2D eigenvalue weighted by Crippen LogP contribution is -2.51. The van der Waals surface area contributed by atoms with E-state index in [0.29, 0.717) is 38.2 Å². The van der Waals surface area contributed by atoms with Crippen LogP contribution in [0.25, 0.3) is 0 Å². The quantitative estimate of drug-likeness (QED) is 0.831. The summed E-state index contributed by atoms with van der Waals surface area (Å²) in [6, 6.07) is 7.50. The number of hydrogen-bond donors (Lipinski definition) is 0. The maximum absolute atomic E-state index is 12.4. The maximum Gasteiger partial charge on any atom is 0.253 e. The molecule has 6 heteroatoms. The van der Waals surface area contributed by atoms with Gasteiger partial charge in [0.15, 0.2) is 0 Å². The van der Waals surface area contributed by atoms with Gasteiger partial charge in [-0.1, -0.05) is 31.0 Å². The normalized spacial score (nSPS) is 16.7. The summed E-state index contributed by atoms with van der Waals surface area (Å²) in [5.41, 5.74) is 1.72. The molecule has 0 spiro atoms. The molecule has 0 N–H and O–H groups in total. The highest BCUT2D eigenvalue weighted by atomic mass is 32.2. The van der Waals surface area contributed by atoms with E-state index < -0.39 is 10.0 Å². The summed E-state index contributed by atoms with van der Waals surface area (Å²) in [7, 11) is -3.17. The van der Waals surface area contributed by atoms with E-state index in [-0.39, 0.29) is 11.7 Å². The van der Waals surface area contributed by atoms with Gasteiger partial charge in [0, 0.05) is 31.7 Å². The van der Waals surface area contributed by atoms with E-state index in [2.05, 4.69) is 0 Å². The Morgan fingerprint density at radius 2 is 1.86 bits per heavy atom. The molecule has 122 valence electrons. The molecule has 5 nitrogen and oxygen atoms in total. The lowest BCUT2D eigenvalue weighted by atomic mass is 10.1. The Kier molecular flexibility index (Phi) is 5.58. The second kappa shape index (κ2) is 7.24. The number of benzene rings is 1. The second-order valence-corrected chi connectivity index (χ2v) is 7.82. The Morgan fingerprint density at radius 1 is 1.18 bits per heavy atom. The van der Waals surface area contributed by atoms with Crippen molar-refractivity contribution < 1.29 is 13.2 Å². The van der Waals surface area contributed by atoms with Gasteiger partial charge in [-0.3, -0.25) is 4.79 Å². The number of unbranched alkanes of at least 4 members (excludes halogenated alkanes) is 1. The van der Waals surface area contributed by atoms with Crippen LogP contribution in [0.2, 0.25) is 0 Å². The van der Waals surface area contributed by atoms with Gasteiger partial charge in [-0.25, -0.2) is 8.42 Å². The number of piperazine rings is 1. The Hall–Kier alpha value is -1.40. The predicted octanol–water partition coefficient (Wildman–Crippen LogP) is 1.88. The molecule has 0 aliphatic carbocycles. The molecule has 0 aromatic heterocycles. The monoisotopic (exact) mass is 324 g/mol. The molecular weight excluding hydrogens is 300 g/mol. The average molecular weight is 324 g/mol. The predicted molar refractivity (Wildman–Crippen MR) is 87.4 cm³/mol. The third kappa shape index (κ3) is 4.08.